The molecule has 0 aromatic heterocycles. The van der Waals surface area contributed by atoms with Gasteiger partial charge in [-0.2, -0.15) is 8.42 Å². The largest absolute Gasteiger partial charge is 0.426 e. The maximum Gasteiger partial charge on any atom is 0.315 e. The van der Waals surface area contributed by atoms with Crippen LogP contribution in [0.5, 0.6) is 5.75 Å². The molecule has 158 valence electrons. The van der Waals surface area contributed by atoms with Crippen LogP contribution in [0.4, 0.5) is 0 Å². The Morgan fingerprint density at radius 2 is 1.43 bits per heavy atom. The smallest absolute Gasteiger partial charge is 0.315 e. The lowest BCUT2D eigenvalue weighted by atomic mass is 10.1. The Hall–Kier alpha value is -1.66. The first-order valence-electron chi connectivity index (χ1n) is 10.4. The summed E-state index contributed by atoms with van der Waals surface area (Å²) in [6, 6.07) is 5.07. The molecule has 0 heterocycles. The topological polar surface area (TPSA) is 80.7 Å². The van der Waals surface area contributed by atoms with Gasteiger partial charge in [0.1, 0.15) is 5.75 Å². The molecule has 1 rings (SSSR count). The molecular weight excluding hydrogens is 376 g/mol. The number of benzene rings is 1. The molecule has 0 saturated heterocycles. The molecule has 0 saturated carbocycles. The van der Waals surface area contributed by atoms with E-state index in [1.54, 1.807) is 0 Å². The van der Waals surface area contributed by atoms with Crippen LogP contribution in [0.3, 0.4) is 0 Å². The van der Waals surface area contributed by atoms with Crippen molar-refractivity contribution in [3.05, 3.63) is 36.4 Å². The summed E-state index contributed by atoms with van der Waals surface area (Å²) in [4.78, 5) is 11.5. The van der Waals surface area contributed by atoms with Gasteiger partial charge in [-0.15, -0.1) is 0 Å². The first kappa shape index (κ1) is 24.4. The van der Waals surface area contributed by atoms with E-state index in [1.165, 1.54) is 82.1 Å². The number of hydrogen-bond acceptors (Lipinski definition) is 4. The summed E-state index contributed by atoms with van der Waals surface area (Å²) in [5.74, 6) is -0.153. The van der Waals surface area contributed by atoms with Gasteiger partial charge in [-0.25, -0.2) is 0 Å². The lowest BCUT2D eigenvalue weighted by molar-refractivity contribution is -0.133. The molecule has 5 nitrogen and oxygen atoms in total. The van der Waals surface area contributed by atoms with Crippen molar-refractivity contribution >= 4 is 16.1 Å². The van der Waals surface area contributed by atoms with Gasteiger partial charge in [0.05, 0.1) is 11.3 Å². The minimum atomic E-state index is -4.24. The Bertz CT molecular complexity index is 677. The summed E-state index contributed by atoms with van der Waals surface area (Å²) in [7, 11) is -4.24. The molecular formula is C22H34O5S. The third kappa shape index (κ3) is 11.9. The number of unbranched alkanes of at least 4 members (excludes halogenated alkanes) is 10. The number of carbonyl (C=O) groups is 1. The van der Waals surface area contributed by atoms with Crippen LogP contribution in [-0.4, -0.2) is 18.9 Å². The standard InChI is InChI=1S/C22H34O5S/c1-2-3-4-5-6-7-8-9-10-11-12-13-14-15-22(23)27-20-16-18-21(19-17-20)28(24,25)26/h13-14,16-19H,2-12,15H2,1H3,(H,24,25,26). The minimum absolute atomic E-state index is 0.178. The molecule has 0 radical (unpaired) electrons. The van der Waals surface area contributed by atoms with Crippen LogP contribution in [0.15, 0.2) is 41.3 Å². The number of hydrogen-bond donors (Lipinski definition) is 1. The molecule has 0 aliphatic heterocycles. The molecule has 0 amide bonds. The molecule has 1 N–H and O–H groups in total. The highest BCUT2D eigenvalue weighted by Crippen LogP contribution is 2.16. The molecule has 0 aliphatic rings. The maximum atomic E-state index is 11.8. The average Bonchev–Trinajstić information content (AvgIpc) is 2.65. The van der Waals surface area contributed by atoms with Gasteiger partial charge in [-0.3, -0.25) is 9.35 Å². The third-order valence-electron chi connectivity index (χ3n) is 4.53. The second-order valence-corrected chi connectivity index (χ2v) is 8.49. The zero-order valence-corrected chi connectivity index (χ0v) is 17.8. The Morgan fingerprint density at radius 3 is 1.96 bits per heavy atom. The van der Waals surface area contributed by atoms with Crippen LogP contribution in [0.2, 0.25) is 0 Å². The van der Waals surface area contributed by atoms with Crippen molar-refractivity contribution in [3.63, 3.8) is 0 Å². The fourth-order valence-corrected chi connectivity index (χ4v) is 3.38. The second-order valence-electron chi connectivity index (χ2n) is 7.07. The molecule has 28 heavy (non-hydrogen) atoms. The molecule has 0 unspecified atom stereocenters. The molecule has 0 spiro atoms. The Morgan fingerprint density at radius 1 is 0.893 bits per heavy atom. The van der Waals surface area contributed by atoms with E-state index in [2.05, 4.69) is 6.92 Å². The highest BCUT2D eigenvalue weighted by Gasteiger charge is 2.09. The van der Waals surface area contributed by atoms with Crippen LogP contribution >= 0.6 is 0 Å². The van der Waals surface area contributed by atoms with Gasteiger partial charge >= 0.3 is 5.97 Å². The Labute approximate surface area is 169 Å². The van der Waals surface area contributed by atoms with E-state index in [-0.39, 0.29) is 17.1 Å². The number of ether oxygens (including phenoxy) is 1. The summed E-state index contributed by atoms with van der Waals surface area (Å²) in [5.41, 5.74) is 0. The Balaban J connectivity index is 2.05. The second kappa shape index (κ2) is 14.4. The Kier molecular flexibility index (Phi) is 12.5. The molecule has 0 bridgehead atoms. The predicted octanol–water partition coefficient (Wildman–Crippen LogP) is 6.10. The zero-order valence-electron chi connectivity index (χ0n) is 16.9. The minimum Gasteiger partial charge on any atom is -0.426 e. The molecule has 0 aliphatic carbocycles. The third-order valence-corrected chi connectivity index (χ3v) is 5.40. The van der Waals surface area contributed by atoms with Gasteiger partial charge in [-0.05, 0) is 37.1 Å². The molecule has 0 fully saturated rings. The van der Waals surface area contributed by atoms with Crippen LogP contribution in [0.25, 0.3) is 0 Å². The van der Waals surface area contributed by atoms with Gasteiger partial charge < -0.3 is 4.74 Å². The average molecular weight is 411 g/mol. The van der Waals surface area contributed by atoms with E-state index in [4.69, 9.17) is 9.29 Å². The highest BCUT2D eigenvalue weighted by atomic mass is 32.2. The molecule has 1 aromatic rings. The molecule has 1 aromatic carbocycles. The van der Waals surface area contributed by atoms with Crippen molar-refractivity contribution in [1.29, 1.82) is 0 Å². The van der Waals surface area contributed by atoms with E-state index in [9.17, 15) is 13.2 Å². The van der Waals surface area contributed by atoms with E-state index in [0.717, 1.165) is 12.8 Å². The number of carbonyl (C=O) groups excluding carboxylic acids is 1. The van der Waals surface area contributed by atoms with E-state index in [1.807, 2.05) is 12.2 Å². The maximum absolute atomic E-state index is 11.8. The van der Waals surface area contributed by atoms with Crippen LogP contribution < -0.4 is 4.74 Å². The highest BCUT2D eigenvalue weighted by molar-refractivity contribution is 7.85. The van der Waals surface area contributed by atoms with Gasteiger partial charge in [0, 0.05) is 0 Å². The van der Waals surface area contributed by atoms with Crippen LogP contribution in [0.1, 0.15) is 84.0 Å². The number of allylic oxidation sites excluding steroid dienone is 1. The van der Waals surface area contributed by atoms with Crippen molar-refractivity contribution in [2.75, 3.05) is 0 Å². The van der Waals surface area contributed by atoms with E-state index < -0.39 is 16.1 Å². The van der Waals surface area contributed by atoms with Gasteiger partial charge in [0.15, 0.2) is 0 Å². The van der Waals surface area contributed by atoms with Crippen molar-refractivity contribution < 1.29 is 22.5 Å². The SMILES string of the molecule is CCCCCCCCCCCCC=CCC(=O)Oc1ccc(S(=O)(=O)O)cc1. The lowest BCUT2D eigenvalue weighted by Gasteiger charge is -2.03. The van der Waals surface area contributed by atoms with Crippen LogP contribution in [0, 0.1) is 0 Å². The normalized spacial score (nSPS) is 11.8. The first-order chi connectivity index (χ1) is 13.4. The van der Waals surface area contributed by atoms with E-state index >= 15 is 0 Å². The van der Waals surface area contributed by atoms with E-state index in [0.29, 0.717) is 0 Å². The van der Waals surface area contributed by atoms with Crippen molar-refractivity contribution in [1.82, 2.24) is 0 Å². The van der Waals surface area contributed by atoms with Crippen molar-refractivity contribution in [2.24, 2.45) is 0 Å². The fourth-order valence-electron chi connectivity index (χ4n) is 2.90. The quantitative estimate of drug-likeness (QED) is 0.124. The van der Waals surface area contributed by atoms with Gasteiger partial charge in [0.2, 0.25) is 0 Å². The summed E-state index contributed by atoms with van der Waals surface area (Å²) >= 11 is 0. The molecule has 6 heteroatoms. The lowest BCUT2D eigenvalue weighted by Crippen LogP contribution is -2.06. The summed E-state index contributed by atoms with van der Waals surface area (Å²) in [5, 5.41) is 0. The number of rotatable bonds is 15. The predicted molar refractivity (Wildman–Crippen MR) is 112 cm³/mol. The van der Waals surface area contributed by atoms with Crippen molar-refractivity contribution in [3.8, 4) is 5.75 Å². The summed E-state index contributed by atoms with van der Waals surface area (Å²) in [6.07, 6.45) is 18.0. The fraction of sp³-hybridized carbons (Fsp3) is 0.591. The first-order valence-corrected chi connectivity index (χ1v) is 11.8. The van der Waals surface area contributed by atoms with Crippen molar-refractivity contribution in [2.45, 2.75) is 88.9 Å². The number of esters is 1. The monoisotopic (exact) mass is 410 g/mol. The summed E-state index contributed by atoms with van der Waals surface area (Å²) in [6.45, 7) is 2.24. The van der Waals surface area contributed by atoms with Gasteiger partial charge in [0.25, 0.3) is 10.1 Å². The zero-order chi connectivity index (χ0) is 20.7. The van der Waals surface area contributed by atoms with Gasteiger partial charge in [-0.1, -0.05) is 76.9 Å². The molecule has 0 atom stereocenters. The summed E-state index contributed by atoms with van der Waals surface area (Å²) < 4.78 is 35.9. The van der Waals surface area contributed by atoms with Crippen LogP contribution in [-0.2, 0) is 14.9 Å².